The van der Waals surface area contributed by atoms with E-state index in [4.69, 9.17) is 9.47 Å². The van der Waals surface area contributed by atoms with Gasteiger partial charge in [-0.2, -0.15) is 0 Å². The van der Waals surface area contributed by atoms with Crippen LogP contribution < -0.4 is 9.64 Å². The molecule has 1 aromatic heterocycles. The number of Topliss-reactive ketones (excluding diaryl/α,β-unsaturated/α-hetero) is 1. The Labute approximate surface area is 235 Å². The van der Waals surface area contributed by atoms with Crippen LogP contribution in [-0.2, 0) is 14.3 Å². The summed E-state index contributed by atoms with van der Waals surface area (Å²) in [6.07, 6.45) is 0. The van der Waals surface area contributed by atoms with Crippen LogP contribution >= 0.6 is 11.3 Å². The monoisotopic (exact) mass is 554 g/mol. The molecule has 1 aliphatic heterocycles. The van der Waals surface area contributed by atoms with Crippen LogP contribution in [0.1, 0.15) is 43.7 Å². The zero-order valence-electron chi connectivity index (χ0n) is 22.3. The summed E-state index contributed by atoms with van der Waals surface area (Å²) in [6.45, 7) is 5.33. The van der Waals surface area contributed by atoms with Crippen molar-refractivity contribution in [3.63, 3.8) is 0 Å². The molecule has 5 rings (SSSR count). The van der Waals surface area contributed by atoms with E-state index < -0.39 is 23.7 Å². The summed E-state index contributed by atoms with van der Waals surface area (Å²) in [7, 11) is 1.26. The van der Waals surface area contributed by atoms with Gasteiger partial charge >= 0.3 is 11.9 Å². The second-order valence-corrected chi connectivity index (χ2v) is 10.4. The topological polar surface area (TPSA) is 106 Å². The molecule has 0 saturated carbocycles. The third-order valence-corrected chi connectivity index (χ3v) is 7.74. The molecule has 4 aromatic rings. The first kappa shape index (κ1) is 26.8. The number of aryl methyl sites for hydroxylation is 3. The van der Waals surface area contributed by atoms with Gasteiger partial charge in [-0.15, -0.1) is 0 Å². The Hall–Kier alpha value is -4.76. The molecular weight excluding hydrogens is 528 g/mol. The molecule has 202 valence electrons. The number of anilines is 1. The first-order chi connectivity index (χ1) is 19.2. The molecule has 9 heteroatoms. The van der Waals surface area contributed by atoms with Crippen LogP contribution in [0.25, 0.3) is 5.76 Å². The minimum Gasteiger partial charge on any atom is -0.507 e. The van der Waals surface area contributed by atoms with Crippen LogP contribution in [-0.4, -0.2) is 34.9 Å². The lowest BCUT2D eigenvalue weighted by molar-refractivity contribution is -0.132. The highest BCUT2D eigenvalue weighted by molar-refractivity contribution is 7.17. The highest BCUT2D eigenvalue weighted by Gasteiger charge is 2.48. The number of nitrogens with zero attached hydrogens (tertiary/aromatic N) is 2. The van der Waals surface area contributed by atoms with Crippen molar-refractivity contribution in [2.45, 2.75) is 26.8 Å². The number of ether oxygens (including phenoxy) is 2. The third kappa shape index (κ3) is 4.87. The van der Waals surface area contributed by atoms with Crippen molar-refractivity contribution in [3.05, 3.63) is 111 Å². The van der Waals surface area contributed by atoms with Crippen LogP contribution in [0.3, 0.4) is 0 Å². The van der Waals surface area contributed by atoms with Crippen LogP contribution in [0, 0.1) is 20.8 Å². The number of ketones is 1. The van der Waals surface area contributed by atoms with Gasteiger partial charge in [-0.1, -0.05) is 59.4 Å². The fourth-order valence-corrected chi connectivity index (χ4v) is 5.63. The Morgan fingerprint density at radius 3 is 2.40 bits per heavy atom. The van der Waals surface area contributed by atoms with Gasteiger partial charge in [-0.25, -0.2) is 9.78 Å². The van der Waals surface area contributed by atoms with Crippen molar-refractivity contribution >= 4 is 39.9 Å². The molecule has 0 radical (unpaired) electrons. The van der Waals surface area contributed by atoms with Gasteiger partial charge in [0.25, 0.3) is 5.78 Å². The lowest BCUT2D eigenvalue weighted by atomic mass is 9.93. The number of hydrogen-bond acceptors (Lipinski definition) is 8. The number of benzene rings is 3. The lowest BCUT2D eigenvalue weighted by Crippen LogP contribution is -2.29. The molecule has 1 atom stereocenters. The van der Waals surface area contributed by atoms with Crippen molar-refractivity contribution < 1.29 is 29.0 Å². The van der Waals surface area contributed by atoms with Gasteiger partial charge in [0.1, 0.15) is 22.1 Å². The number of rotatable bonds is 6. The van der Waals surface area contributed by atoms with Crippen molar-refractivity contribution in [1.82, 2.24) is 4.98 Å². The fourth-order valence-electron chi connectivity index (χ4n) is 4.62. The molecule has 1 amide bonds. The normalized spacial score (nSPS) is 16.3. The molecule has 1 fully saturated rings. The summed E-state index contributed by atoms with van der Waals surface area (Å²) in [5.41, 5.74) is 2.88. The maximum absolute atomic E-state index is 13.6. The largest absolute Gasteiger partial charge is 0.507 e. The molecule has 8 nitrogen and oxygen atoms in total. The van der Waals surface area contributed by atoms with E-state index in [-0.39, 0.29) is 21.3 Å². The smallest absolute Gasteiger partial charge is 0.350 e. The first-order valence-corrected chi connectivity index (χ1v) is 13.3. The predicted molar refractivity (Wildman–Crippen MR) is 152 cm³/mol. The molecule has 2 heterocycles. The average Bonchev–Trinajstić information content (AvgIpc) is 3.46. The van der Waals surface area contributed by atoms with Gasteiger partial charge in [0.2, 0.25) is 0 Å². The number of thiazole rings is 1. The summed E-state index contributed by atoms with van der Waals surface area (Å²) < 4.78 is 10.9. The van der Waals surface area contributed by atoms with E-state index in [1.807, 2.05) is 56.3 Å². The predicted octanol–water partition coefficient (Wildman–Crippen LogP) is 6.27. The fraction of sp³-hybridized carbons (Fsp3) is 0.161. The number of aromatic nitrogens is 1. The first-order valence-electron chi connectivity index (χ1n) is 12.5. The van der Waals surface area contributed by atoms with Crippen molar-refractivity contribution in [2.24, 2.45) is 0 Å². The molecule has 3 aromatic carbocycles. The maximum Gasteiger partial charge on any atom is 0.350 e. The number of aliphatic hydroxyl groups excluding tert-OH is 1. The second-order valence-electron chi connectivity index (χ2n) is 9.38. The number of para-hydroxylation sites is 1. The Bertz CT molecular complexity index is 1670. The van der Waals surface area contributed by atoms with E-state index in [0.717, 1.165) is 22.5 Å². The van der Waals surface area contributed by atoms with Crippen LogP contribution in [0.5, 0.6) is 11.5 Å². The molecule has 1 unspecified atom stereocenters. The Balaban J connectivity index is 1.70. The zero-order chi connectivity index (χ0) is 28.6. The molecule has 1 aliphatic rings. The molecule has 40 heavy (non-hydrogen) atoms. The summed E-state index contributed by atoms with van der Waals surface area (Å²) in [5.74, 6) is -1.51. The Kier molecular flexibility index (Phi) is 7.23. The number of carbonyl (C=O) groups is 3. The molecule has 0 aliphatic carbocycles. The van der Waals surface area contributed by atoms with Crippen LogP contribution in [0.4, 0.5) is 5.13 Å². The van der Waals surface area contributed by atoms with Crippen molar-refractivity contribution in [2.75, 3.05) is 12.0 Å². The molecule has 0 bridgehead atoms. The van der Waals surface area contributed by atoms with E-state index in [2.05, 4.69) is 4.98 Å². The zero-order valence-corrected chi connectivity index (χ0v) is 23.1. The third-order valence-electron chi connectivity index (χ3n) is 6.61. The second kappa shape index (κ2) is 10.8. The number of aliphatic hydroxyl groups is 1. The number of amides is 1. The van der Waals surface area contributed by atoms with Crippen LogP contribution in [0.15, 0.2) is 78.4 Å². The average molecular weight is 555 g/mol. The minimum atomic E-state index is -1.03. The van der Waals surface area contributed by atoms with E-state index in [0.29, 0.717) is 28.3 Å². The van der Waals surface area contributed by atoms with Gasteiger partial charge in [0, 0.05) is 5.56 Å². The van der Waals surface area contributed by atoms with E-state index in [1.165, 1.54) is 12.0 Å². The Morgan fingerprint density at radius 2 is 1.68 bits per heavy atom. The van der Waals surface area contributed by atoms with Gasteiger partial charge < -0.3 is 14.6 Å². The summed E-state index contributed by atoms with van der Waals surface area (Å²) >= 11 is 0.947. The highest BCUT2D eigenvalue weighted by atomic mass is 32.1. The summed E-state index contributed by atoms with van der Waals surface area (Å²) in [5, 5.41) is 11.7. The van der Waals surface area contributed by atoms with Gasteiger partial charge in [0.15, 0.2) is 5.13 Å². The van der Waals surface area contributed by atoms with Gasteiger partial charge in [-0.05, 0) is 62.2 Å². The Morgan fingerprint density at radius 1 is 0.950 bits per heavy atom. The van der Waals surface area contributed by atoms with Crippen molar-refractivity contribution in [3.8, 4) is 11.5 Å². The minimum absolute atomic E-state index is 0.0805. The number of methoxy groups -OCH3 is 1. The molecular formula is C31H26N2O6S. The van der Waals surface area contributed by atoms with E-state index >= 15 is 0 Å². The maximum atomic E-state index is 13.6. The van der Waals surface area contributed by atoms with Crippen LogP contribution in [0.2, 0.25) is 0 Å². The van der Waals surface area contributed by atoms with Gasteiger partial charge in [0.05, 0.1) is 24.4 Å². The summed E-state index contributed by atoms with van der Waals surface area (Å²) in [6, 6.07) is 20.7. The number of hydrogen-bond donors (Lipinski definition) is 1. The molecule has 1 N–H and O–H groups in total. The quantitative estimate of drug-likeness (QED) is 0.130. The van der Waals surface area contributed by atoms with E-state index in [9.17, 15) is 19.5 Å². The molecule has 1 saturated heterocycles. The highest BCUT2D eigenvalue weighted by Crippen LogP contribution is 2.45. The van der Waals surface area contributed by atoms with Crippen molar-refractivity contribution in [1.29, 1.82) is 0 Å². The van der Waals surface area contributed by atoms with E-state index in [1.54, 1.807) is 37.3 Å². The standard InChI is InChI=1S/C31H26N2O6S/c1-17-13-14-18(2)23(15-17)26(34)24-25(20-9-8-12-22(16-20)39-21-10-6-5-7-11-21)33(29(36)27(24)35)31-32-19(3)28(40-31)30(37)38-4/h5-16,25,34H,1-4H3. The number of carbonyl (C=O) groups excluding carboxylic acids is 3. The van der Waals surface area contributed by atoms with Gasteiger partial charge in [-0.3, -0.25) is 14.5 Å². The molecule has 0 spiro atoms. The SMILES string of the molecule is COC(=O)c1sc(N2C(=O)C(=O)C(=C(O)c3cc(C)ccc3C)C2c2cccc(Oc3ccccc3)c2)nc1C. The number of esters is 1. The summed E-state index contributed by atoms with van der Waals surface area (Å²) in [4.78, 5) is 45.4. The lowest BCUT2D eigenvalue weighted by Gasteiger charge is -2.23.